The predicted molar refractivity (Wildman–Crippen MR) is 87.5 cm³/mol. The van der Waals surface area contributed by atoms with Gasteiger partial charge in [0, 0.05) is 11.1 Å². The largest absolute Gasteiger partial charge is 0.422 e. The average molecular weight is 280 g/mol. The van der Waals surface area contributed by atoms with E-state index in [1.807, 2.05) is 0 Å². The molecular weight excluding hydrogens is 272 g/mol. The van der Waals surface area contributed by atoms with Gasteiger partial charge in [-0.1, -0.05) is 36.1 Å². The predicted octanol–water partition coefficient (Wildman–Crippen LogP) is 3.84. The van der Waals surface area contributed by atoms with E-state index >= 15 is 0 Å². The van der Waals surface area contributed by atoms with E-state index in [2.05, 4.69) is 33.7 Å². The van der Waals surface area contributed by atoms with Crippen molar-refractivity contribution in [1.29, 1.82) is 0 Å². The molecule has 2 rings (SSSR count). The molecule has 0 aliphatic heterocycles. The number of hydrogen-bond donors (Lipinski definition) is 0. The molecule has 0 radical (unpaired) electrons. The van der Waals surface area contributed by atoms with Crippen molar-refractivity contribution in [1.82, 2.24) is 0 Å². The monoisotopic (exact) mass is 280 g/mol. The van der Waals surface area contributed by atoms with Crippen LogP contribution in [0.25, 0.3) is 10.8 Å². The van der Waals surface area contributed by atoms with Crippen molar-refractivity contribution in [2.75, 3.05) is 0 Å². The Hall–Kier alpha value is -3.68. The minimum atomic E-state index is 0.599. The van der Waals surface area contributed by atoms with E-state index in [4.69, 9.17) is 10.8 Å². The van der Waals surface area contributed by atoms with E-state index in [0.717, 1.165) is 11.1 Å². The highest BCUT2D eigenvalue weighted by Crippen LogP contribution is 2.12. The lowest BCUT2D eigenvalue weighted by Crippen LogP contribution is -1.73. The van der Waals surface area contributed by atoms with Gasteiger partial charge in [0.1, 0.15) is 0 Å². The van der Waals surface area contributed by atoms with E-state index in [-0.39, 0.29) is 0 Å². The Balaban J connectivity index is 2.07. The highest BCUT2D eigenvalue weighted by Gasteiger charge is 1.85. The Bertz CT molecular complexity index is 795. The maximum Gasteiger partial charge on any atom is 0.0255 e. The number of rotatable bonds is 2. The Kier molecular flexibility index (Phi) is 5.22. The molecule has 0 saturated carbocycles. The summed E-state index contributed by atoms with van der Waals surface area (Å²) in [6.07, 6.45) is 0. The summed E-state index contributed by atoms with van der Waals surface area (Å²) in [5.74, 6) is 11.3. The van der Waals surface area contributed by atoms with E-state index in [1.165, 1.54) is 0 Å². The summed E-state index contributed by atoms with van der Waals surface area (Å²) in [5.41, 5.74) is 2.80. The second kappa shape index (κ2) is 7.80. The zero-order valence-corrected chi connectivity index (χ0v) is 11.4. The second-order valence-corrected chi connectivity index (χ2v) is 4.02. The molecule has 0 fully saturated rings. The van der Waals surface area contributed by atoms with Crippen LogP contribution in [-0.4, -0.2) is 12.0 Å². The Morgan fingerprint density at radius 1 is 0.591 bits per heavy atom. The standard InChI is InChI=1S/C18H8N4/c19-13-21-17-9-5-15(6-10-17)3-1-2-4-16-7-11-18(12-8-16)22-14-20/h5-12H/q-2. The summed E-state index contributed by atoms with van der Waals surface area (Å²) in [6.45, 7) is 0. The minimum absolute atomic E-state index is 0.599. The van der Waals surface area contributed by atoms with Gasteiger partial charge in [-0.2, -0.15) is 12.0 Å². The van der Waals surface area contributed by atoms with Gasteiger partial charge in [-0.25, -0.2) is 0 Å². The van der Waals surface area contributed by atoms with Gasteiger partial charge in [-0.05, 0) is 47.5 Å². The smallest absolute Gasteiger partial charge is 0.0255 e. The van der Waals surface area contributed by atoms with Gasteiger partial charge in [0.25, 0.3) is 0 Å². The summed E-state index contributed by atoms with van der Waals surface area (Å²) in [4.78, 5) is 7.21. The van der Waals surface area contributed by atoms with Crippen molar-refractivity contribution in [2.24, 2.45) is 9.98 Å². The summed E-state index contributed by atoms with van der Waals surface area (Å²) >= 11 is 0. The number of benzene rings is 2. The second-order valence-electron chi connectivity index (χ2n) is 4.02. The summed E-state index contributed by atoms with van der Waals surface area (Å²) < 4.78 is 0. The maximum atomic E-state index is 8.43. The first-order chi connectivity index (χ1) is 10.8. The van der Waals surface area contributed by atoms with Crippen LogP contribution in [0.4, 0.5) is 11.4 Å². The third-order valence-corrected chi connectivity index (χ3v) is 2.57. The maximum absolute atomic E-state index is 8.43. The zero-order valence-electron chi connectivity index (χ0n) is 11.4. The molecule has 0 aliphatic carbocycles. The quantitative estimate of drug-likeness (QED) is 0.592. The van der Waals surface area contributed by atoms with Crippen molar-refractivity contribution in [3.05, 3.63) is 70.5 Å². The molecule has 0 bridgehead atoms. The minimum Gasteiger partial charge on any atom is -0.422 e. The fourth-order valence-corrected chi connectivity index (χ4v) is 1.56. The van der Waals surface area contributed by atoms with Crippen molar-refractivity contribution in [3.8, 4) is 23.7 Å². The van der Waals surface area contributed by atoms with Gasteiger partial charge in [-0.3, -0.25) is 0 Å². The van der Waals surface area contributed by atoms with Crippen LogP contribution in [-0.2, 0) is 0 Å². The number of aliphatic imine (C=N–C) groups is 2. The molecule has 0 spiro atoms. The van der Waals surface area contributed by atoms with Crippen LogP contribution in [0.2, 0.25) is 0 Å². The molecule has 2 aromatic carbocycles. The van der Waals surface area contributed by atoms with E-state index in [0.29, 0.717) is 11.4 Å². The van der Waals surface area contributed by atoms with Crippen molar-refractivity contribution in [2.45, 2.75) is 0 Å². The molecule has 4 heteroatoms. The van der Waals surface area contributed by atoms with Crippen LogP contribution in [0.3, 0.4) is 0 Å². The normalized spacial score (nSPS) is 8.18. The molecule has 0 N–H and O–H groups in total. The molecule has 0 unspecified atom stereocenters. The zero-order chi connectivity index (χ0) is 15.6. The number of nitrogens with zero attached hydrogens (tertiary/aromatic N) is 4. The van der Waals surface area contributed by atoms with Crippen LogP contribution >= 0.6 is 0 Å². The van der Waals surface area contributed by atoms with E-state index in [9.17, 15) is 0 Å². The van der Waals surface area contributed by atoms with Crippen molar-refractivity contribution in [3.63, 3.8) is 0 Å². The molecular formula is C18H8N4-2. The van der Waals surface area contributed by atoms with Gasteiger partial charge in [-0.15, -0.1) is 0 Å². The Labute approximate surface area is 128 Å². The molecule has 0 aromatic heterocycles. The SMILES string of the molecule is [N-]=C=Nc1ccc(C#CC#Cc2ccc(N=C=[N-])cc2)cc1. The molecule has 4 nitrogen and oxygen atoms in total. The van der Waals surface area contributed by atoms with Gasteiger partial charge in [0.05, 0.1) is 0 Å². The lowest BCUT2D eigenvalue weighted by atomic mass is 10.2. The Morgan fingerprint density at radius 2 is 0.955 bits per heavy atom. The summed E-state index contributed by atoms with van der Waals surface area (Å²) in [6, 6.07) is 17.5. The van der Waals surface area contributed by atoms with Gasteiger partial charge in [0.2, 0.25) is 0 Å². The lowest BCUT2D eigenvalue weighted by Gasteiger charge is -1.96. The topological polar surface area (TPSA) is 69.3 Å². The third kappa shape index (κ3) is 4.46. The fraction of sp³-hybridized carbons (Fsp3) is 0. The lowest BCUT2D eigenvalue weighted by molar-refractivity contribution is 1.53. The first kappa shape index (κ1) is 14.7. The average Bonchev–Trinajstić information content (AvgIpc) is 2.55. The molecule has 0 amide bonds. The van der Waals surface area contributed by atoms with Crippen LogP contribution in [0, 0.1) is 23.7 Å². The summed E-state index contributed by atoms with van der Waals surface area (Å²) in [7, 11) is 0. The molecule has 2 aromatic rings. The molecule has 0 saturated heterocycles. The molecule has 0 atom stereocenters. The van der Waals surface area contributed by atoms with Gasteiger partial charge >= 0.3 is 0 Å². The first-order valence-corrected chi connectivity index (χ1v) is 6.23. The van der Waals surface area contributed by atoms with E-state index in [1.54, 1.807) is 60.5 Å². The Morgan fingerprint density at radius 3 is 1.27 bits per heavy atom. The summed E-state index contributed by atoms with van der Waals surface area (Å²) in [5, 5.41) is 16.9. The first-order valence-electron chi connectivity index (χ1n) is 6.23. The van der Waals surface area contributed by atoms with Crippen LogP contribution in [0.1, 0.15) is 11.1 Å². The van der Waals surface area contributed by atoms with Gasteiger partial charge in [0.15, 0.2) is 0 Å². The van der Waals surface area contributed by atoms with Gasteiger partial charge < -0.3 is 20.8 Å². The van der Waals surface area contributed by atoms with Crippen LogP contribution in [0.5, 0.6) is 0 Å². The molecule has 22 heavy (non-hydrogen) atoms. The molecule has 102 valence electrons. The molecule has 0 heterocycles. The van der Waals surface area contributed by atoms with Crippen LogP contribution < -0.4 is 0 Å². The number of hydrogen-bond acceptors (Lipinski definition) is 2. The van der Waals surface area contributed by atoms with Crippen molar-refractivity contribution < 1.29 is 0 Å². The third-order valence-electron chi connectivity index (χ3n) is 2.57. The fourth-order valence-electron chi connectivity index (χ4n) is 1.56. The highest BCUT2D eigenvalue weighted by molar-refractivity contribution is 5.57. The van der Waals surface area contributed by atoms with Crippen LogP contribution in [0.15, 0.2) is 58.5 Å². The molecule has 0 aliphatic rings. The highest BCUT2D eigenvalue weighted by atomic mass is 14.7. The van der Waals surface area contributed by atoms with E-state index < -0.39 is 0 Å². The van der Waals surface area contributed by atoms with Crippen molar-refractivity contribution >= 4 is 23.4 Å².